The summed E-state index contributed by atoms with van der Waals surface area (Å²) in [4.78, 5) is 50.8. The normalized spacial score (nSPS) is 13.4. The highest BCUT2D eigenvalue weighted by atomic mass is 35.5. The number of amides is 1. The van der Waals surface area contributed by atoms with Crippen LogP contribution in [0.3, 0.4) is 0 Å². The van der Waals surface area contributed by atoms with Gasteiger partial charge in [-0.05, 0) is 86.7 Å². The number of aryl methyl sites for hydroxylation is 1. The van der Waals surface area contributed by atoms with E-state index in [4.69, 9.17) is 16.3 Å². The Morgan fingerprint density at radius 3 is 2.48 bits per heavy atom. The van der Waals surface area contributed by atoms with Gasteiger partial charge in [-0.3, -0.25) is 23.6 Å². The zero-order valence-electron chi connectivity index (χ0n) is 23.0. The first kappa shape index (κ1) is 28.8. The van der Waals surface area contributed by atoms with Crippen LogP contribution in [0.4, 0.5) is 5.69 Å². The summed E-state index contributed by atoms with van der Waals surface area (Å²) in [5.74, 6) is -1.47. The van der Waals surface area contributed by atoms with Crippen molar-refractivity contribution in [1.29, 1.82) is 0 Å². The predicted octanol–water partition coefficient (Wildman–Crippen LogP) is 5.42. The molecule has 42 heavy (non-hydrogen) atoms. The van der Waals surface area contributed by atoms with E-state index < -0.39 is 23.5 Å². The largest absolute Gasteiger partial charge is 0.495 e. The van der Waals surface area contributed by atoms with Crippen molar-refractivity contribution in [2.24, 2.45) is 0 Å². The van der Waals surface area contributed by atoms with Crippen LogP contribution in [0, 0.1) is 0 Å². The van der Waals surface area contributed by atoms with E-state index in [-0.39, 0.29) is 23.5 Å². The molecule has 4 aromatic rings. The second-order valence-corrected chi connectivity index (χ2v) is 10.6. The number of halogens is 1. The van der Waals surface area contributed by atoms with Gasteiger partial charge in [0.25, 0.3) is 5.56 Å². The number of aromatic carboxylic acids is 1. The van der Waals surface area contributed by atoms with Crippen molar-refractivity contribution >= 4 is 34.9 Å². The molecule has 0 spiro atoms. The van der Waals surface area contributed by atoms with Crippen LogP contribution in [-0.2, 0) is 11.2 Å². The van der Waals surface area contributed by atoms with Crippen molar-refractivity contribution in [2.45, 2.75) is 44.7 Å². The Kier molecular flexibility index (Phi) is 8.26. The average molecular weight is 589 g/mol. The van der Waals surface area contributed by atoms with Gasteiger partial charge in [0.15, 0.2) is 5.78 Å². The minimum absolute atomic E-state index is 0.0817. The maximum atomic E-state index is 13.7. The van der Waals surface area contributed by atoms with Gasteiger partial charge in [0.1, 0.15) is 11.8 Å². The molecule has 2 N–H and O–H groups in total. The Labute approximate surface area is 246 Å². The summed E-state index contributed by atoms with van der Waals surface area (Å²) in [5.41, 5.74) is 1.98. The minimum Gasteiger partial charge on any atom is -0.495 e. The molecule has 10 nitrogen and oxygen atoms in total. The summed E-state index contributed by atoms with van der Waals surface area (Å²) < 4.78 is 8.87. The fraction of sp³-hybridized carbons (Fsp3) is 0.258. The molecular weight excluding hydrogens is 560 g/mol. The van der Waals surface area contributed by atoms with E-state index in [9.17, 15) is 24.3 Å². The first-order chi connectivity index (χ1) is 20.1. The van der Waals surface area contributed by atoms with E-state index in [1.54, 1.807) is 18.2 Å². The molecule has 0 bridgehead atoms. The molecule has 216 valence electrons. The Morgan fingerprint density at radius 2 is 1.83 bits per heavy atom. The molecule has 0 radical (unpaired) electrons. The molecule has 0 unspecified atom stereocenters. The molecule has 11 heteroatoms. The number of hydrogen-bond donors (Lipinski definition) is 2. The lowest BCUT2D eigenvalue weighted by Crippen LogP contribution is -2.33. The number of methoxy groups -OCH3 is 1. The molecule has 1 aliphatic carbocycles. The summed E-state index contributed by atoms with van der Waals surface area (Å²) in [6.07, 6.45) is 6.24. The summed E-state index contributed by atoms with van der Waals surface area (Å²) >= 11 is 6.23. The molecule has 1 atom stereocenters. The van der Waals surface area contributed by atoms with Gasteiger partial charge >= 0.3 is 5.97 Å². The molecular formula is C31H29ClN4O6. The van der Waals surface area contributed by atoms with Crippen molar-refractivity contribution < 1.29 is 24.2 Å². The zero-order valence-corrected chi connectivity index (χ0v) is 23.8. The molecule has 0 aliphatic heterocycles. The number of hydrogen-bond acceptors (Lipinski definition) is 6. The summed E-state index contributed by atoms with van der Waals surface area (Å²) in [6, 6.07) is 13.2. The number of nitrogens with zero attached hydrogens (tertiary/aromatic N) is 3. The van der Waals surface area contributed by atoms with Crippen LogP contribution in [0.1, 0.15) is 64.7 Å². The van der Waals surface area contributed by atoms with Crippen LogP contribution in [0.2, 0.25) is 5.02 Å². The number of ketones is 1. The van der Waals surface area contributed by atoms with Gasteiger partial charge < -0.3 is 15.2 Å². The lowest BCUT2D eigenvalue weighted by molar-refractivity contribution is -0.119. The first-order valence-corrected chi connectivity index (χ1v) is 13.8. The summed E-state index contributed by atoms with van der Waals surface area (Å²) in [6.45, 7) is 1.42. The van der Waals surface area contributed by atoms with Gasteiger partial charge in [-0.25, -0.2) is 4.79 Å². The average Bonchev–Trinajstić information content (AvgIpc) is 3.71. The number of anilines is 1. The standard InChI is InChI=1S/C31H29ClN4O6/c1-18(37)24-11-5-20(32)15-25(24)26-16-29(38)35(17-28(26)42-2)27(12-8-22-13-14-36(34-22)23-9-10-23)30(39)33-21-6-3-19(4-7-21)31(40)41/h3-7,11,13-17,23,27H,8-10,12H2,1-2H3,(H,33,39)(H,40,41)/t27-/m0/s1. The van der Waals surface area contributed by atoms with E-state index in [1.807, 2.05) is 16.9 Å². The van der Waals surface area contributed by atoms with Gasteiger partial charge in [0, 0.05) is 34.1 Å². The second kappa shape index (κ2) is 12.0. The SMILES string of the molecule is COc1cn([C@@H](CCc2ccn(C3CC3)n2)C(=O)Nc2ccc(C(=O)O)cc2)c(=O)cc1-c1cc(Cl)ccc1C(C)=O. The molecule has 1 aliphatic rings. The minimum atomic E-state index is -1.08. The molecule has 5 rings (SSSR count). The molecule has 0 saturated heterocycles. The number of carbonyl (C=O) groups is 3. The maximum absolute atomic E-state index is 13.7. The topological polar surface area (TPSA) is 133 Å². The quantitative estimate of drug-likeness (QED) is 0.223. The third-order valence-corrected chi connectivity index (χ3v) is 7.45. The number of carboxylic acids is 1. The maximum Gasteiger partial charge on any atom is 0.335 e. The zero-order chi connectivity index (χ0) is 30.0. The Bertz CT molecular complexity index is 1720. The fourth-order valence-electron chi connectivity index (χ4n) is 4.85. The predicted molar refractivity (Wildman–Crippen MR) is 158 cm³/mol. The number of pyridine rings is 1. The van der Waals surface area contributed by atoms with E-state index in [0.29, 0.717) is 39.9 Å². The molecule has 2 heterocycles. The number of Topliss-reactive ketones (excluding diaryl/α,β-unsaturated/α-hetero) is 1. The van der Waals surface area contributed by atoms with Gasteiger partial charge in [0.05, 0.1) is 30.6 Å². The van der Waals surface area contributed by atoms with Gasteiger partial charge in [-0.15, -0.1) is 0 Å². The highest BCUT2D eigenvalue weighted by molar-refractivity contribution is 6.31. The lowest BCUT2D eigenvalue weighted by atomic mass is 9.97. The van der Waals surface area contributed by atoms with Crippen molar-refractivity contribution in [3.8, 4) is 16.9 Å². The van der Waals surface area contributed by atoms with Crippen LogP contribution in [0.5, 0.6) is 5.75 Å². The highest BCUT2D eigenvalue weighted by Gasteiger charge is 2.27. The highest BCUT2D eigenvalue weighted by Crippen LogP contribution is 2.35. The molecule has 2 aromatic heterocycles. The number of rotatable bonds is 11. The summed E-state index contributed by atoms with van der Waals surface area (Å²) in [7, 11) is 1.44. The number of carboxylic acid groups (broad SMARTS) is 1. The monoisotopic (exact) mass is 588 g/mol. The Balaban J connectivity index is 1.51. The van der Waals surface area contributed by atoms with E-state index >= 15 is 0 Å². The first-order valence-electron chi connectivity index (χ1n) is 13.4. The number of nitrogens with one attached hydrogen (secondary N) is 1. The third kappa shape index (κ3) is 6.28. The van der Waals surface area contributed by atoms with Crippen LogP contribution in [0.15, 0.2) is 71.8 Å². The summed E-state index contributed by atoms with van der Waals surface area (Å²) in [5, 5.41) is 17.0. The molecule has 2 aromatic carbocycles. The van der Waals surface area contributed by atoms with Crippen LogP contribution in [0.25, 0.3) is 11.1 Å². The van der Waals surface area contributed by atoms with Crippen molar-refractivity contribution in [3.63, 3.8) is 0 Å². The van der Waals surface area contributed by atoms with Gasteiger partial charge in [-0.2, -0.15) is 5.10 Å². The molecule has 1 amide bonds. The third-order valence-electron chi connectivity index (χ3n) is 7.21. The molecule has 1 saturated carbocycles. The van der Waals surface area contributed by atoms with Gasteiger partial charge in [0.2, 0.25) is 5.91 Å². The lowest BCUT2D eigenvalue weighted by Gasteiger charge is -2.21. The van der Waals surface area contributed by atoms with Crippen LogP contribution >= 0.6 is 11.6 Å². The van der Waals surface area contributed by atoms with Crippen molar-refractivity contribution in [2.75, 3.05) is 12.4 Å². The van der Waals surface area contributed by atoms with Crippen molar-refractivity contribution in [1.82, 2.24) is 14.3 Å². The fourth-order valence-corrected chi connectivity index (χ4v) is 5.02. The number of aromatic nitrogens is 3. The van der Waals surface area contributed by atoms with E-state index in [1.165, 1.54) is 55.1 Å². The van der Waals surface area contributed by atoms with Crippen LogP contribution < -0.4 is 15.6 Å². The Hall–Kier alpha value is -4.70. The van der Waals surface area contributed by atoms with E-state index in [2.05, 4.69) is 10.4 Å². The number of carbonyl (C=O) groups excluding carboxylic acids is 2. The van der Waals surface area contributed by atoms with Crippen molar-refractivity contribution in [3.05, 3.63) is 99.2 Å². The smallest absolute Gasteiger partial charge is 0.335 e. The Morgan fingerprint density at radius 1 is 1.10 bits per heavy atom. The number of ether oxygens (including phenoxy) is 1. The second-order valence-electron chi connectivity index (χ2n) is 10.2. The number of benzene rings is 2. The molecule has 1 fully saturated rings. The van der Waals surface area contributed by atoms with E-state index in [0.717, 1.165) is 18.5 Å². The van der Waals surface area contributed by atoms with Crippen LogP contribution in [-0.4, -0.2) is 44.2 Å². The van der Waals surface area contributed by atoms with Gasteiger partial charge in [-0.1, -0.05) is 11.6 Å².